The number of aromatic nitrogens is 2. The number of hydrogen-bond acceptors (Lipinski definition) is 4. The van der Waals surface area contributed by atoms with Gasteiger partial charge in [0.15, 0.2) is 0 Å². The highest BCUT2D eigenvalue weighted by Crippen LogP contribution is 2.16. The molecule has 0 spiro atoms. The Balaban J connectivity index is 2.38. The molecule has 4 nitrogen and oxygen atoms in total. The fraction of sp³-hybridized carbons (Fsp3) is 0.111. The van der Waals surface area contributed by atoms with E-state index < -0.39 is 0 Å². The van der Waals surface area contributed by atoms with Crippen molar-refractivity contribution in [3.8, 4) is 11.5 Å². The van der Waals surface area contributed by atoms with E-state index in [-0.39, 0.29) is 11.4 Å². The Morgan fingerprint density at radius 3 is 2.57 bits per heavy atom. The first-order chi connectivity index (χ1) is 6.79. The van der Waals surface area contributed by atoms with E-state index in [0.717, 1.165) is 11.1 Å². The van der Waals surface area contributed by atoms with Gasteiger partial charge in [-0.15, -0.1) is 5.10 Å². The van der Waals surface area contributed by atoms with E-state index >= 15 is 0 Å². The van der Waals surface area contributed by atoms with Crippen molar-refractivity contribution >= 4 is 12.2 Å². The SMILES string of the molecule is OCc1ccc(-c2n[nH]c(=S)o2)cc1. The molecule has 72 valence electrons. The van der Waals surface area contributed by atoms with Gasteiger partial charge in [-0.25, -0.2) is 5.10 Å². The van der Waals surface area contributed by atoms with Gasteiger partial charge in [0.2, 0.25) is 5.89 Å². The summed E-state index contributed by atoms with van der Waals surface area (Å²) in [6.07, 6.45) is 0. The first-order valence-electron chi connectivity index (χ1n) is 4.05. The summed E-state index contributed by atoms with van der Waals surface area (Å²) in [5.74, 6) is 0.458. The lowest BCUT2D eigenvalue weighted by Gasteiger charge is -1.96. The van der Waals surface area contributed by atoms with Gasteiger partial charge in [-0.05, 0) is 29.9 Å². The minimum Gasteiger partial charge on any atom is -0.409 e. The van der Waals surface area contributed by atoms with Crippen molar-refractivity contribution < 1.29 is 9.52 Å². The molecule has 0 radical (unpaired) electrons. The Labute approximate surface area is 85.2 Å². The first kappa shape index (κ1) is 9.11. The molecule has 0 amide bonds. The number of aromatic amines is 1. The highest BCUT2D eigenvalue weighted by Gasteiger charge is 2.02. The van der Waals surface area contributed by atoms with Crippen LogP contribution in [-0.2, 0) is 6.61 Å². The van der Waals surface area contributed by atoms with Gasteiger partial charge >= 0.3 is 0 Å². The number of rotatable bonds is 2. The smallest absolute Gasteiger partial charge is 0.284 e. The molecule has 5 heteroatoms. The molecule has 1 aromatic heterocycles. The lowest BCUT2D eigenvalue weighted by Crippen LogP contribution is -1.83. The molecular formula is C9H8N2O2S. The van der Waals surface area contributed by atoms with Crippen molar-refractivity contribution in [3.63, 3.8) is 0 Å². The zero-order valence-electron chi connectivity index (χ0n) is 7.23. The molecule has 0 atom stereocenters. The van der Waals surface area contributed by atoms with Crippen LogP contribution in [0.3, 0.4) is 0 Å². The molecule has 0 saturated carbocycles. The van der Waals surface area contributed by atoms with Crippen LogP contribution >= 0.6 is 12.2 Å². The summed E-state index contributed by atoms with van der Waals surface area (Å²) in [6, 6.07) is 7.26. The van der Waals surface area contributed by atoms with Gasteiger partial charge in [-0.1, -0.05) is 12.1 Å². The second kappa shape index (κ2) is 3.73. The third-order valence-corrected chi connectivity index (χ3v) is 2.00. The van der Waals surface area contributed by atoms with E-state index in [4.69, 9.17) is 21.7 Å². The molecule has 0 unspecified atom stereocenters. The molecule has 0 aliphatic rings. The average molecular weight is 208 g/mol. The molecule has 0 fully saturated rings. The Hall–Kier alpha value is -1.46. The van der Waals surface area contributed by atoms with Crippen LogP contribution in [0.1, 0.15) is 5.56 Å². The zero-order valence-corrected chi connectivity index (χ0v) is 8.04. The van der Waals surface area contributed by atoms with Crippen molar-refractivity contribution in [2.75, 3.05) is 0 Å². The highest BCUT2D eigenvalue weighted by molar-refractivity contribution is 7.71. The number of aliphatic hydroxyl groups is 1. The van der Waals surface area contributed by atoms with E-state index in [1.807, 2.05) is 24.3 Å². The lowest BCUT2D eigenvalue weighted by atomic mass is 10.1. The van der Waals surface area contributed by atoms with E-state index in [1.165, 1.54) is 0 Å². The third-order valence-electron chi connectivity index (χ3n) is 1.82. The molecular weight excluding hydrogens is 200 g/mol. The minimum absolute atomic E-state index is 0.0320. The van der Waals surface area contributed by atoms with Crippen LogP contribution in [0.4, 0.5) is 0 Å². The molecule has 0 aliphatic heterocycles. The summed E-state index contributed by atoms with van der Waals surface area (Å²) in [5, 5.41) is 15.3. The van der Waals surface area contributed by atoms with E-state index in [2.05, 4.69) is 10.2 Å². The lowest BCUT2D eigenvalue weighted by molar-refractivity contribution is 0.282. The van der Waals surface area contributed by atoms with E-state index in [1.54, 1.807) is 0 Å². The van der Waals surface area contributed by atoms with Gasteiger partial charge in [0, 0.05) is 5.56 Å². The topological polar surface area (TPSA) is 62.1 Å². The van der Waals surface area contributed by atoms with Gasteiger partial charge in [-0.3, -0.25) is 0 Å². The van der Waals surface area contributed by atoms with Crippen LogP contribution in [-0.4, -0.2) is 15.3 Å². The zero-order chi connectivity index (χ0) is 9.97. The second-order valence-corrected chi connectivity index (χ2v) is 3.14. The Morgan fingerprint density at radius 1 is 1.36 bits per heavy atom. The predicted octanol–water partition coefficient (Wildman–Crippen LogP) is 1.89. The number of aliphatic hydroxyl groups excluding tert-OH is 1. The van der Waals surface area contributed by atoms with Gasteiger partial charge in [0.1, 0.15) is 0 Å². The quantitative estimate of drug-likeness (QED) is 0.740. The summed E-state index contributed by atoms with van der Waals surface area (Å²) in [4.78, 5) is 0.256. The summed E-state index contributed by atoms with van der Waals surface area (Å²) in [5.41, 5.74) is 1.68. The summed E-state index contributed by atoms with van der Waals surface area (Å²) < 4.78 is 5.13. The van der Waals surface area contributed by atoms with Crippen LogP contribution in [0.2, 0.25) is 0 Å². The molecule has 0 saturated heterocycles. The number of nitrogens with one attached hydrogen (secondary N) is 1. The van der Waals surface area contributed by atoms with Crippen molar-refractivity contribution in [1.29, 1.82) is 0 Å². The molecule has 1 heterocycles. The highest BCUT2D eigenvalue weighted by atomic mass is 32.1. The largest absolute Gasteiger partial charge is 0.409 e. The van der Waals surface area contributed by atoms with E-state index in [0.29, 0.717) is 5.89 Å². The second-order valence-electron chi connectivity index (χ2n) is 2.77. The van der Waals surface area contributed by atoms with Crippen LogP contribution in [0.25, 0.3) is 11.5 Å². The maximum Gasteiger partial charge on any atom is 0.284 e. The number of benzene rings is 1. The number of H-pyrrole nitrogens is 1. The third kappa shape index (κ3) is 1.73. The molecule has 2 rings (SSSR count). The van der Waals surface area contributed by atoms with Crippen molar-refractivity contribution in [1.82, 2.24) is 10.2 Å². The molecule has 0 bridgehead atoms. The van der Waals surface area contributed by atoms with Crippen molar-refractivity contribution in [2.45, 2.75) is 6.61 Å². The number of hydrogen-bond donors (Lipinski definition) is 2. The normalized spacial score (nSPS) is 10.4. The van der Waals surface area contributed by atoms with E-state index in [9.17, 15) is 0 Å². The Kier molecular flexibility index (Phi) is 2.43. The molecule has 14 heavy (non-hydrogen) atoms. The first-order valence-corrected chi connectivity index (χ1v) is 4.46. The monoisotopic (exact) mass is 208 g/mol. The molecule has 0 aliphatic carbocycles. The fourth-order valence-electron chi connectivity index (χ4n) is 1.11. The summed E-state index contributed by atoms with van der Waals surface area (Å²) in [7, 11) is 0. The molecule has 1 aromatic carbocycles. The summed E-state index contributed by atoms with van der Waals surface area (Å²) >= 11 is 4.76. The van der Waals surface area contributed by atoms with Crippen molar-refractivity contribution in [3.05, 3.63) is 34.7 Å². The van der Waals surface area contributed by atoms with Crippen LogP contribution in [0.5, 0.6) is 0 Å². The summed E-state index contributed by atoms with van der Waals surface area (Å²) in [6.45, 7) is 0.0320. The van der Waals surface area contributed by atoms with Gasteiger partial charge in [0.05, 0.1) is 6.61 Å². The average Bonchev–Trinajstić information content (AvgIpc) is 2.65. The Morgan fingerprint density at radius 2 is 2.07 bits per heavy atom. The molecule has 2 aromatic rings. The maximum atomic E-state index is 8.84. The van der Waals surface area contributed by atoms with Crippen LogP contribution < -0.4 is 0 Å². The van der Waals surface area contributed by atoms with Gasteiger partial charge in [-0.2, -0.15) is 0 Å². The fourth-order valence-corrected chi connectivity index (χ4v) is 1.23. The maximum absolute atomic E-state index is 8.84. The van der Waals surface area contributed by atoms with Crippen LogP contribution in [0.15, 0.2) is 28.7 Å². The predicted molar refractivity (Wildman–Crippen MR) is 53.0 cm³/mol. The molecule has 2 N–H and O–H groups in total. The minimum atomic E-state index is 0.0320. The van der Waals surface area contributed by atoms with Gasteiger partial charge < -0.3 is 9.52 Å². The number of nitrogens with zero attached hydrogens (tertiary/aromatic N) is 1. The standard InChI is InChI=1S/C9H8N2O2S/c12-5-6-1-3-7(4-2-6)8-10-11-9(14)13-8/h1-4,12H,5H2,(H,11,14). The Bertz CT molecular complexity index is 472. The van der Waals surface area contributed by atoms with Crippen molar-refractivity contribution in [2.24, 2.45) is 0 Å². The van der Waals surface area contributed by atoms with Crippen LogP contribution in [0, 0.1) is 4.84 Å². The van der Waals surface area contributed by atoms with Gasteiger partial charge in [0.25, 0.3) is 4.84 Å².